The fourth-order valence-electron chi connectivity index (χ4n) is 0.277. The molecule has 0 saturated carbocycles. The van der Waals surface area contributed by atoms with E-state index in [0.717, 1.165) is 0 Å². The number of pyridine rings is 1. The van der Waals surface area contributed by atoms with Gasteiger partial charge in [0.1, 0.15) is 0 Å². The molecule has 0 aliphatic carbocycles. The van der Waals surface area contributed by atoms with Crippen LogP contribution in [0.15, 0.2) is 24.4 Å². The summed E-state index contributed by atoms with van der Waals surface area (Å²) in [5, 5.41) is 0. The molecule has 0 N–H and O–H groups in total. The van der Waals surface area contributed by atoms with Crippen LogP contribution in [0.5, 0.6) is 0 Å². The zero-order chi connectivity index (χ0) is 4.24. The van der Waals surface area contributed by atoms with Crippen molar-refractivity contribution in [2.24, 2.45) is 0 Å². The molecule has 1 aromatic heterocycles. The maximum atomic E-state index is 3.66. The minimum atomic E-state index is 0. The van der Waals surface area contributed by atoms with Crippen molar-refractivity contribution < 1.29 is 19.5 Å². The predicted octanol–water partition coefficient (Wildman–Crippen LogP) is 0.612. The molecule has 0 spiro atoms. The van der Waals surface area contributed by atoms with E-state index >= 15 is 0 Å². The molecule has 0 bridgehead atoms. The van der Waals surface area contributed by atoms with Gasteiger partial charge in [-0.2, -0.15) is 18.2 Å². The smallest absolute Gasteiger partial charge is 0.0813 e. The summed E-state index contributed by atoms with van der Waals surface area (Å²) in [6, 6.07) is 5.50. The normalized spacial score (nSPS) is 6.86. The fraction of sp³-hybridized carbons (Fsp3) is 0. The van der Waals surface area contributed by atoms with Crippen molar-refractivity contribution in [1.82, 2.24) is 4.98 Å². The van der Waals surface area contributed by atoms with Crippen molar-refractivity contribution >= 4 is 0 Å². The van der Waals surface area contributed by atoms with Crippen molar-refractivity contribution in [2.75, 3.05) is 0 Å². The minimum absolute atomic E-state index is 0. The molecular weight excluding hydrogens is 139 g/mol. The van der Waals surface area contributed by atoms with Gasteiger partial charge in [-0.15, -0.1) is 0 Å². The summed E-state index contributed by atoms with van der Waals surface area (Å²) in [6.07, 6.45) is 4.34. The second-order valence-electron chi connectivity index (χ2n) is 0.959. The molecule has 1 rings (SSSR count). The topological polar surface area (TPSA) is 12.9 Å². The van der Waals surface area contributed by atoms with E-state index in [4.69, 9.17) is 0 Å². The first kappa shape index (κ1) is 6.77. The van der Waals surface area contributed by atoms with Gasteiger partial charge in [-0.05, 0) is 0 Å². The van der Waals surface area contributed by atoms with E-state index in [9.17, 15) is 0 Å². The van der Waals surface area contributed by atoms with Crippen LogP contribution in [0.2, 0.25) is 0 Å². The van der Waals surface area contributed by atoms with E-state index in [-0.39, 0.29) is 19.5 Å². The van der Waals surface area contributed by atoms with Gasteiger partial charge < -0.3 is 4.98 Å². The van der Waals surface area contributed by atoms with Crippen LogP contribution in [0.3, 0.4) is 0 Å². The summed E-state index contributed by atoms with van der Waals surface area (Å²) >= 11 is 0. The molecule has 32 valence electrons. The molecule has 0 unspecified atom stereocenters. The van der Waals surface area contributed by atoms with Gasteiger partial charge in [-0.1, -0.05) is 12.4 Å². The Bertz CT molecular complexity index is 80.0. The second kappa shape index (κ2) is 3.95. The van der Waals surface area contributed by atoms with Gasteiger partial charge in [0.05, 0.1) is 0 Å². The minimum Gasteiger partial charge on any atom is -0.394 e. The van der Waals surface area contributed by atoms with Crippen molar-refractivity contribution in [2.45, 2.75) is 0 Å². The number of hydrogen-bond donors (Lipinski definition) is 0. The first-order chi connectivity index (χ1) is 3.00. The molecule has 1 nitrogen and oxygen atoms in total. The standard InChI is InChI=1S/C5H4N.Zn.H/c1-2-4-6-5-3-1;;/h1-4H;;/q-1;+1;. The molecule has 1 heterocycles. The molecule has 0 amide bonds. The Balaban J connectivity index is 0.000000360. The predicted molar refractivity (Wildman–Crippen MR) is 24.5 cm³/mol. The molecule has 1 radical (unpaired) electrons. The Morgan fingerprint density at radius 1 is 1.29 bits per heavy atom. The van der Waals surface area contributed by atoms with Crippen LogP contribution in [0, 0.1) is 6.20 Å². The maximum Gasteiger partial charge on any atom is -0.0813 e. The SMILES string of the molecule is [ZnH+].[c-]1ccccn1. The zero-order valence-corrected chi connectivity index (χ0v) is 8.45. The average molecular weight is 144 g/mol. The largest absolute Gasteiger partial charge is 0.394 e. The van der Waals surface area contributed by atoms with Crippen LogP contribution >= 0.6 is 0 Å². The second-order valence-corrected chi connectivity index (χ2v) is 0.959. The summed E-state index contributed by atoms with van der Waals surface area (Å²) in [6.45, 7) is 0. The van der Waals surface area contributed by atoms with E-state index in [2.05, 4.69) is 11.2 Å². The molecule has 0 aliphatic rings. The number of nitrogens with zero attached hydrogens (tertiary/aromatic N) is 1. The zero-order valence-electron chi connectivity index (χ0n) is 4.26. The van der Waals surface area contributed by atoms with Gasteiger partial charge in [-0.3, -0.25) is 0 Å². The summed E-state index contributed by atoms with van der Waals surface area (Å²) < 4.78 is 0. The Labute approximate surface area is 55.5 Å². The van der Waals surface area contributed by atoms with Crippen LogP contribution in [0.1, 0.15) is 0 Å². The van der Waals surface area contributed by atoms with Crippen molar-refractivity contribution in [1.29, 1.82) is 0 Å². The van der Waals surface area contributed by atoms with Gasteiger partial charge in [0.15, 0.2) is 0 Å². The number of hydrogen-bond acceptors (Lipinski definition) is 1. The molecule has 0 aliphatic heterocycles. The van der Waals surface area contributed by atoms with E-state index in [1.807, 2.05) is 12.1 Å². The van der Waals surface area contributed by atoms with E-state index in [1.165, 1.54) is 0 Å². The summed E-state index contributed by atoms with van der Waals surface area (Å²) in [4.78, 5) is 3.66. The van der Waals surface area contributed by atoms with Crippen LogP contribution < -0.4 is 0 Å². The molecule has 0 fully saturated rings. The Hall–Kier alpha value is -0.227. The van der Waals surface area contributed by atoms with Gasteiger partial charge >= 0.3 is 19.5 Å². The molecular formula is C5H5NZn. The first-order valence-electron chi connectivity index (χ1n) is 1.77. The Morgan fingerprint density at radius 2 is 2.14 bits per heavy atom. The Morgan fingerprint density at radius 3 is 2.29 bits per heavy atom. The van der Waals surface area contributed by atoms with Crippen LogP contribution in [-0.4, -0.2) is 4.98 Å². The monoisotopic (exact) mass is 143 g/mol. The molecule has 0 saturated heterocycles. The van der Waals surface area contributed by atoms with Crippen molar-refractivity contribution in [3.8, 4) is 0 Å². The summed E-state index contributed by atoms with van der Waals surface area (Å²) in [7, 11) is 0. The molecule has 0 aromatic carbocycles. The van der Waals surface area contributed by atoms with Crippen LogP contribution in [0.4, 0.5) is 0 Å². The fourth-order valence-corrected chi connectivity index (χ4v) is 0.277. The average Bonchev–Trinajstić information content (AvgIpc) is 1.72. The molecule has 2 heteroatoms. The van der Waals surface area contributed by atoms with Crippen molar-refractivity contribution in [3.05, 3.63) is 30.6 Å². The third-order valence-electron chi connectivity index (χ3n) is 0.517. The summed E-state index contributed by atoms with van der Waals surface area (Å²) in [5.41, 5.74) is 0. The third-order valence-corrected chi connectivity index (χ3v) is 0.517. The summed E-state index contributed by atoms with van der Waals surface area (Å²) in [5.74, 6) is 0. The van der Waals surface area contributed by atoms with Gasteiger partial charge in [0.2, 0.25) is 0 Å². The van der Waals surface area contributed by atoms with Crippen LogP contribution in [0.25, 0.3) is 0 Å². The Kier molecular flexibility index (Phi) is 3.82. The van der Waals surface area contributed by atoms with Gasteiger partial charge in [0.25, 0.3) is 0 Å². The third kappa shape index (κ3) is 2.47. The van der Waals surface area contributed by atoms with E-state index in [1.54, 1.807) is 12.3 Å². The molecule has 0 atom stereocenters. The quantitative estimate of drug-likeness (QED) is 0.384. The van der Waals surface area contributed by atoms with Gasteiger partial charge in [-0.25, -0.2) is 0 Å². The van der Waals surface area contributed by atoms with Crippen molar-refractivity contribution in [3.63, 3.8) is 0 Å². The van der Waals surface area contributed by atoms with E-state index < -0.39 is 0 Å². The van der Waals surface area contributed by atoms with Crippen LogP contribution in [-0.2, 0) is 19.5 Å². The number of aromatic nitrogens is 1. The molecule has 7 heavy (non-hydrogen) atoms. The number of rotatable bonds is 0. The maximum absolute atomic E-state index is 3.66. The van der Waals surface area contributed by atoms with Gasteiger partial charge in [0, 0.05) is 0 Å². The molecule has 1 aromatic rings. The first-order valence-corrected chi connectivity index (χ1v) is 1.77. The van der Waals surface area contributed by atoms with E-state index in [0.29, 0.717) is 0 Å².